The monoisotopic (exact) mass is 483 g/mol. The van der Waals surface area contributed by atoms with Gasteiger partial charge in [0.2, 0.25) is 5.91 Å². The molecular weight excluding hydrogens is 438 g/mol. The van der Waals surface area contributed by atoms with E-state index < -0.39 is 15.9 Å². The van der Waals surface area contributed by atoms with Crippen molar-refractivity contribution in [2.75, 3.05) is 12.3 Å². The molecule has 0 unspecified atom stereocenters. The summed E-state index contributed by atoms with van der Waals surface area (Å²) >= 11 is 0. The van der Waals surface area contributed by atoms with Crippen LogP contribution in [-0.2, 0) is 14.9 Å². The fourth-order valence-corrected chi connectivity index (χ4v) is 9.54. The van der Waals surface area contributed by atoms with E-state index in [-0.39, 0.29) is 18.6 Å². The van der Waals surface area contributed by atoms with Crippen LogP contribution in [0.15, 0.2) is 0 Å². The van der Waals surface area contributed by atoms with Gasteiger partial charge in [-0.1, -0.05) is 20.8 Å². The number of nitrogens with one attached hydrogen (secondary N) is 1. The maximum Gasteiger partial charge on any atom is 0.266 e. The van der Waals surface area contributed by atoms with Gasteiger partial charge in [-0.3, -0.25) is 9.35 Å². The molecule has 7 heteroatoms. The average Bonchev–Trinajstić information content (AvgIpc) is 3.09. The van der Waals surface area contributed by atoms with Gasteiger partial charge in [0.25, 0.3) is 10.1 Å². The Morgan fingerprint density at radius 3 is 2.45 bits per heavy atom. The smallest absolute Gasteiger partial charge is 0.266 e. The zero-order valence-corrected chi connectivity index (χ0v) is 21.6. The van der Waals surface area contributed by atoms with E-state index in [1.807, 2.05) is 0 Å². The van der Waals surface area contributed by atoms with Crippen molar-refractivity contribution in [1.29, 1.82) is 0 Å². The molecule has 4 aliphatic rings. The molecule has 0 bridgehead atoms. The van der Waals surface area contributed by atoms with Crippen molar-refractivity contribution in [3.63, 3.8) is 0 Å². The van der Waals surface area contributed by atoms with Crippen molar-refractivity contribution in [3.05, 3.63) is 0 Å². The Morgan fingerprint density at radius 2 is 1.73 bits per heavy atom. The molecule has 33 heavy (non-hydrogen) atoms. The van der Waals surface area contributed by atoms with Crippen molar-refractivity contribution in [3.8, 4) is 0 Å². The first-order chi connectivity index (χ1) is 15.4. The molecule has 1 amide bonds. The van der Waals surface area contributed by atoms with Crippen LogP contribution >= 0.6 is 0 Å². The lowest BCUT2D eigenvalue weighted by atomic mass is 9.44. The van der Waals surface area contributed by atoms with Gasteiger partial charge >= 0.3 is 0 Å². The number of hydrogen-bond donors (Lipinski definition) is 3. The van der Waals surface area contributed by atoms with Crippen LogP contribution in [0.5, 0.6) is 0 Å². The molecule has 0 spiro atoms. The molecule has 4 rings (SSSR count). The summed E-state index contributed by atoms with van der Waals surface area (Å²) in [4.78, 5) is 12.2. The minimum atomic E-state index is -4.04. The molecule has 0 aromatic rings. The molecule has 0 aromatic carbocycles. The summed E-state index contributed by atoms with van der Waals surface area (Å²) in [5.74, 6) is 3.68. The summed E-state index contributed by atoms with van der Waals surface area (Å²) in [6.45, 7) is 7.34. The summed E-state index contributed by atoms with van der Waals surface area (Å²) in [7, 11) is -4.04. The SMILES string of the molecule is C[C@H](CCC(=O)NCCS(=O)(=O)O)[C@H]1CC[C@H]2[C@@H]3CC[C@H]4C[C@H](O)CC[C@]4(C)[C@@H]3CC[C@]12C. The molecule has 0 aliphatic heterocycles. The summed E-state index contributed by atoms with van der Waals surface area (Å²) in [6.07, 6.45) is 12.1. The van der Waals surface area contributed by atoms with Crippen molar-refractivity contribution >= 4 is 16.0 Å². The normalized spacial score (nSPS) is 43.8. The highest BCUT2D eigenvalue weighted by Crippen LogP contribution is 2.68. The van der Waals surface area contributed by atoms with E-state index in [1.165, 1.54) is 44.9 Å². The van der Waals surface area contributed by atoms with Crippen molar-refractivity contribution < 1.29 is 22.9 Å². The zero-order chi connectivity index (χ0) is 24.0. The Morgan fingerprint density at radius 1 is 1.03 bits per heavy atom. The number of amides is 1. The predicted molar refractivity (Wildman–Crippen MR) is 129 cm³/mol. The third kappa shape index (κ3) is 5.02. The van der Waals surface area contributed by atoms with E-state index in [1.54, 1.807) is 0 Å². The maximum absolute atomic E-state index is 12.2. The van der Waals surface area contributed by atoms with E-state index in [4.69, 9.17) is 4.55 Å². The Bertz CT molecular complexity index is 831. The lowest BCUT2D eigenvalue weighted by molar-refractivity contribution is -0.129. The first-order valence-corrected chi connectivity index (χ1v) is 14.9. The highest BCUT2D eigenvalue weighted by atomic mass is 32.2. The summed E-state index contributed by atoms with van der Waals surface area (Å²) in [6, 6.07) is 0. The van der Waals surface area contributed by atoms with Crippen molar-refractivity contribution in [2.45, 2.75) is 97.5 Å². The van der Waals surface area contributed by atoms with Crippen LogP contribution in [0.2, 0.25) is 0 Å². The minimum Gasteiger partial charge on any atom is -0.393 e. The highest BCUT2D eigenvalue weighted by Gasteiger charge is 2.60. The van der Waals surface area contributed by atoms with Crippen LogP contribution < -0.4 is 5.32 Å². The Kier molecular flexibility index (Phi) is 7.26. The third-order valence-corrected chi connectivity index (χ3v) is 11.6. The van der Waals surface area contributed by atoms with Gasteiger partial charge in [-0.2, -0.15) is 8.42 Å². The molecule has 6 nitrogen and oxygen atoms in total. The van der Waals surface area contributed by atoms with Gasteiger partial charge in [-0.15, -0.1) is 0 Å². The van der Waals surface area contributed by atoms with Crippen LogP contribution in [-0.4, -0.2) is 42.4 Å². The topological polar surface area (TPSA) is 104 Å². The molecule has 190 valence electrons. The summed E-state index contributed by atoms with van der Waals surface area (Å²) < 4.78 is 30.5. The van der Waals surface area contributed by atoms with Crippen LogP contribution in [0.25, 0.3) is 0 Å². The number of aliphatic hydroxyl groups is 1. The molecule has 9 atom stereocenters. The van der Waals surface area contributed by atoms with Gasteiger partial charge in [0, 0.05) is 13.0 Å². The zero-order valence-electron chi connectivity index (χ0n) is 20.8. The quantitative estimate of drug-likeness (QED) is 0.465. The van der Waals surface area contributed by atoms with Crippen LogP contribution in [0.3, 0.4) is 0 Å². The average molecular weight is 484 g/mol. The van der Waals surface area contributed by atoms with Crippen LogP contribution in [0, 0.1) is 46.3 Å². The van der Waals surface area contributed by atoms with Crippen LogP contribution in [0.4, 0.5) is 0 Å². The van der Waals surface area contributed by atoms with Gasteiger partial charge < -0.3 is 10.4 Å². The number of carbonyl (C=O) groups excluding carboxylic acids is 1. The Hall–Kier alpha value is -0.660. The summed E-state index contributed by atoms with van der Waals surface area (Å²) in [5.41, 5.74) is 0.771. The lowest BCUT2D eigenvalue weighted by Crippen LogP contribution is -2.54. The molecule has 4 saturated carbocycles. The molecule has 4 aliphatic carbocycles. The van der Waals surface area contributed by atoms with Crippen LogP contribution in [0.1, 0.15) is 91.4 Å². The second kappa shape index (κ2) is 9.42. The number of aliphatic hydroxyl groups excluding tert-OH is 1. The third-order valence-electron chi connectivity index (χ3n) is 10.9. The highest BCUT2D eigenvalue weighted by molar-refractivity contribution is 7.85. The van der Waals surface area contributed by atoms with Gasteiger partial charge in [-0.25, -0.2) is 0 Å². The maximum atomic E-state index is 12.2. The second-order valence-electron chi connectivity index (χ2n) is 12.5. The standard InChI is InChI=1S/C26H45NO5S/c1-17(4-9-24(29)27-14-15-33(30,31)32)21-7-8-22-20-6-5-18-16-19(28)10-12-25(18,2)23(20)11-13-26(21,22)3/h17-23,28H,4-16H2,1-3H3,(H,27,29)(H,30,31,32)/t17-,18+,19-,20+,21-,22+,23-,25+,26-/m1/s1. The van der Waals surface area contributed by atoms with Gasteiger partial charge in [-0.05, 0) is 111 Å². The first-order valence-electron chi connectivity index (χ1n) is 13.3. The summed E-state index contributed by atoms with van der Waals surface area (Å²) in [5, 5.41) is 12.9. The first kappa shape index (κ1) is 25.4. The molecule has 0 radical (unpaired) electrons. The Balaban J connectivity index is 1.35. The van der Waals surface area contributed by atoms with Crippen molar-refractivity contribution in [1.82, 2.24) is 5.32 Å². The molecule has 4 fully saturated rings. The van der Waals surface area contributed by atoms with E-state index in [0.29, 0.717) is 35.0 Å². The molecule has 0 aromatic heterocycles. The van der Waals surface area contributed by atoms with E-state index in [9.17, 15) is 18.3 Å². The van der Waals surface area contributed by atoms with Gasteiger partial charge in [0.15, 0.2) is 0 Å². The van der Waals surface area contributed by atoms with E-state index in [0.717, 1.165) is 37.0 Å². The lowest BCUT2D eigenvalue weighted by Gasteiger charge is -2.61. The van der Waals surface area contributed by atoms with Gasteiger partial charge in [0.1, 0.15) is 0 Å². The number of carbonyl (C=O) groups is 1. The predicted octanol–water partition coefficient (Wildman–Crippen LogP) is 4.43. The number of rotatable bonds is 7. The fourth-order valence-electron chi connectivity index (χ4n) is 9.18. The molecule has 0 saturated heterocycles. The largest absolute Gasteiger partial charge is 0.393 e. The van der Waals surface area contributed by atoms with E-state index in [2.05, 4.69) is 26.1 Å². The Labute approximate surface area is 200 Å². The molecular formula is C26H45NO5S. The fraction of sp³-hybridized carbons (Fsp3) is 0.962. The minimum absolute atomic E-state index is 0.0326. The molecule has 0 heterocycles. The molecule has 3 N–H and O–H groups in total. The van der Waals surface area contributed by atoms with E-state index >= 15 is 0 Å². The number of fused-ring (bicyclic) bond motifs is 5. The number of hydrogen-bond acceptors (Lipinski definition) is 4. The van der Waals surface area contributed by atoms with Gasteiger partial charge in [0.05, 0.1) is 11.9 Å². The van der Waals surface area contributed by atoms with Crippen molar-refractivity contribution in [2.24, 2.45) is 46.3 Å². The second-order valence-corrected chi connectivity index (χ2v) is 14.0.